The van der Waals surface area contributed by atoms with Crippen LogP contribution in [0.5, 0.6) is 5.75 Å². The van der Waals surface area contributed by atoms with E-state index in [1.807, 2.05) is 6.07 Å². The predicted molar refractivity (Wildman–Crippen MR) is 115 cm³/mol. The number of fused-ring (bicyclic) bond motifs is 1. The second-order valence-electron chi connectivity index (χ2n) is 6.44. The average Bonchev–Trinajstić information content (AvgIpc) is 2.75. The molecule has 4 rings (SSSR count). The van der Waals surface area contributed by atoms with Gasteiger partial charge in [-0.05, 0) is 36.4 Å². The van der Waals surface area contributed by atoms with Crippen LogP contribution in [0.1, 0.15) is 10.4 Å². The SMILES string of the molecule is COc1cc(NC(=O)c2ccccc2)c(-c2nc(N)nc3ccc(Cl)cc23)cc1F. The molecule has 0 saturated heterocycles. The van der Waals surface area contributed by atoms with E-state index in [0.717, 1.165) is 0 Å². The summed E-state index contributed by atoms with van der Waals surface area (Å²) in [7, 11) is 1.35. The molecule has 6 nitrogen and oxygen atoms in total. The summed E-state index contributed by atoms with van der Waals surface area (Å²) in [5.41, 5.74) is 7.83. The fourth-order valence-electron chi connectivity index (χ4n) is 3.12. The Bertz CT molecular complexity index is 1270. The van der Waals surface area contributed by atoms with E-state index in [1.54, 1.807) is 42.5 Å². The van der Waals surface area contributed by atoms with Gasteiger partial charge in [0, 0.05) is 27.6 Å². The summed E-state index contributed by atoms with van der Waals surface area (Å²) in [5, 5.41) is 3.83. The second kappa shape index (κ2) is 7.96. The number of ether oxygens (including phenoxy) is 1. The van der Waals surface area contributed by atoms with Crippen LogP contribution in [0.2, 0.25) is 5.02 Å². The summed E-state index contributed by atoms with van der Waals surface area (Å²) in [4.78, 5) is 21.2. The number of nitrogens with one attached hydrogen (secondary N) is 1. The first-order chi connectivity index (χ1) is 14.5. The topological polar surface area (TPSA) is 90.1 Å². The molecule has 1 aromatic heterocycles. The Kier molecular flexibility index (Phi) is 5.20. The summed E-state index contributed by atoms with van der Waals surface area (Å²) in [6.45, 7) is 0. The maximum atomic E-state index is 14.6. The van der Waals surface area contributed by atoms with Gasteiger partial charge in [-0.15, -0.1) is 0 Å². The van der Waals surface area contributed by atoms with Gasteiger partial charge >= 0.3 is 0 Å². The van der Waals surface area contributed by atoms with Crippen molar-refractivity contribution in [2.75, 3.05) is 18.2 Å². The van der Waals surface area contributed by atoms with Gasteiger partial charge in [-0.1, -0.05) is 29.8 Å². The Morgan fingerprint density at radius 2 is 1.87 bits per heavy atom. The third-order valence-corrected chi connectivity index (χ3v) is 4.74. The number of nitrogens with two attached hydrogens (primary N) is 1. The molecule has 3 N–H and O–H groups in total. The molecule has 0 aliphatic heterocycles. The minimum atomic E-state index is -0.613. The number of hydrogen-bond acceptors (Lipinski definition) is 5. The van der Waals surface area contributed by atoms with Crippen molar-refractivity contribution < 1.29 is 13.9 Å². The van der Waals surface area contributed by atoms with Gasteiger partial charge in [-0.2, -0.15) is 0 Å². The van der Waals surface area contributed by atoms with Crippen molar-refractivity contribution in [3.63, 3.8) is 0 Å². The Morgan fingerprint density at radius 1 is 1.10 bits per heavy atom. The van der Waals surface area contributed by atoms with E-state index in [9.17, 15) is 9.18 Å². The molecule has 1 heterocycles. The van der Waals surface area contributed by atoms with E-state index in [0.29, 0.717) is 38.4 Å². The fourth-order valence-corrected chi connectivity index (χ4v) is 3.29. The molecule has 0 spiro atoms. The fraction of sp³-hybridized carbons (Fsp3) is 0.0455. The lowest BCUT2D eigenvalue weighted by Crippen LogP contribution is -2.13. The number of nitrogens with zero attached hydrogens (tertiary/aromatic N) is 2. The molecule has 0 bridgehead atoms. The number of halogens is 2. The van der Waals surface area contributed by atoms with Crippen molar-refractivity contribution in [3.8, 4) is 17.0 Å². The Morgan fingerprint density at radius 3 is 2.60 bits per heavy atom. The third kappa shape index (κ3) is 3.75. The second-order valence-corrected chi connectivity index (χ2v) is 6.88. The number of rotatable bonds is 4. The van der Waals surface area contributed by atoms with Crippen molar-refractivity contribution in [2.24, 2.45) is 0 Å². The monoisotopic (exact) mass is 422 g/mol. The quantitative estimate of drug-likeness (QED) is 0.486. The van der Waals surface area contributed by atoms with E-state index in [-0.39, 0.29) is 17.6 Å². The minimum Gasteiger partial charge on any atom is -0.494 e. The maximum Gasteiger partial charge on any atom is 0.255 e. The molecule has 3 aromatic carbocycles. The molecular weight excluding hydrogens is 407 g/mol. The molecule has 30 heavy (non-hydrogen) atoms. The largest absolute Gasteiger partial charge is 0.494 e. The first kappa shape index (κ1) is 19.6. The average molecular weight is 423 g/mol. The van der Waals surface area contributed by atoms with Crippen LogP contribution in [0.4, 0.5) is 16.0 Å². The van der Waals surface area contributed by atoms with Crippen LogP contribution in [0.3, 0.4) is 0 Å². The summed E-state index contributed by atoms with van der Waals surface area (Å²) < 4.78 is 19.7. The zero-order valence-corrected chi connectivity index (χ0v) is 16.6. The van der Waals surface area contributed by atoms with Crippen LogP contribution in [-0.2, 0) is 0 Å². The Balaban J connectivity index is 1.92. The van der Waals surface area contributed by atoms with E-state index in [2.05, 4.69) is 15.3 Å². The number of methoxy groups -OCH3 is 1. The van der Waals surface area contributed by atoms with Crippen molar-refractivity contribution in [1.29, 1.82) is 0 Å². The van der Waals surface area contributed by atoms with Crippen LogP contribution < -0.4 is 15.8 Å². The van der Waals surface area contributed by atoms with Gasteiger partial charge < -0.3 is 15.8 Å². The van der Waals surface area contributed by atoms with Crippen molar-refractivity contribution >= 4 is 40.0 Å². The Hall–Kier alpha value is -3.71. The van der Waals surface area contributed by atoms with E-state index < -0.39 is 5.82 Å². The summed E-state index contributed by atoms with van der Waals surface area (Å²) in [6.07, 6.45) is 0. The normalized spacial score (nSPS) is 10.8. The number of aromatic nitrogens is 2. The molecule has 8 heteroatoms. The summed E-state index contributed by atoms with van der Waals surface area (Å²) in [5.74, 6) is -0.990. The van der Waals surface area contributed by atoms with Gasteiger partial charge in [0.05, 0.1) is 24.0 Å². The van der Waals surface area contributed by atoms with Gasteiger partial charge in [0.15, 0.2) is 11.6 Å². The van der Waals surface area contributed by atoms with E-state index >= 15 is 0 Å². The first-order valence-corrected chi connectivity index (χ1v) is 9.31. The van der Waals surface area contributed by atoms with Crippen molar-refractivity contribution in [1.82, 2.24) is 9.97 Å². The molecule has 0 radical (unpaired) electrons. The third-order valence-electron chi connectivity index (χ3n) is 4.51. The van der Waals surface area contributed by atoms with Gasteiger partial charge in [-0.3, -0.25) is 4.79 Å². The smallest absolute Gasteiger partial charge is 0.255 e. The number of carbonyl (C=O) groups is 1. The van der Waals surface area contributed by atoms with Crippen LogP contribution in [0.25, 0.3) is 22.2 Å². The van der Waals surface area contributed by atoms with Crippen molar-refractivity contribution in [3.05, 3.63) is 77.1 Å². The van der Waals surface area contributed by atoms with Gasteiger partial charge in [0.1, 0.15) is 0 Å². The van der Waals surface area contributed by atoms with Crippen LogP contribution in [-0.4, -0.2) is 23.0 Å². The highest BCUT2D eigenvalue weighted by Gasteiger charge is 2.19. The highest BCUT2D eigenvalue weighted by molar-refractivity contribution is 6.31. The molecule has 1 amide bonds. The zero-order chi connectivity index (χ0) is 21.3. The van der Waals surface area contributed by atoms with E-state index in [4.69, 9.17) is 22.1 Å². The van der Waals surface area contributed by atoms with E-state index in [1.165, 1.54) is 19.2 Å². The molecule has 4 aromatic rings. The number of hydrogen-bond donors (Lipinski definition) is 2. The van der Waals surface area contributed by atoms with Crippen molar-refractivity contribution in [2.45, 2.75) is 0 Å². The summed E-state index contributed by atoms with van der Waals surface area (Å²) in [6, 6.07) is 16.3. The lowest BCUT2D eigenvalue weighted by molar-refractivity contribution is 0.102. The lowest BCUT2D eigenvalue weighted by Gasteiger charge is -2.15. The molecular formula is C22H16ClFN4O2. The minimum absolute atomic E-state index is 0.0105. The number of anilines is 2. The standard InChI is InChI=1S/C22H16ClFN4O2/c1-30-19-11-18(26-21(29)12-5-3-2-4-6-12)15(10-16(19)24)20-14-9-13(23)7-8-17(14)27-22(25)28-20/h2-11H,1H3,(H,26,29)(H2,25,27,28). The molecule has 0 atom stereocenters. The molecule has 0 saturated carbocycles. The Labute approximate surface area is 176 Å². The molecule has 0 fully saturated rings. The predicted octanol–water partition coefficient (Wildman–Crippen LogP) is 4.93. The lowest BCUT2D eigenvalue weighted by atomic mass is 10.0. The molecule has 150 valence electrons. The van der Waals surface area contributed by atoms with Crippen LogP contribution in [0, 0.1) is 5.82 Å². The number of nitrogen functional groups attached to an aromatic ring is 1. The van der Waals surface area contributed by atoms with Gasteiger partial charge in [0.25, 0.3) is 5.91 Å². The van der Waals surface area contributed by atoms with Gasteiger partial charge in [0.2, 0.25) is 5.95 Å². The van der Waals surface area contributed by atoms with Crippen LogP contribution in [0.15, 0.2) is 60.7 Å². The highest BCUT2D eigenvalue weighted by atomic mass is 35.5. The maximum absolute atomic E-state index is 14.6. The molecule has 0 aliphatic carbocycles. The van der Waals surface area contributed by atoms with Gasteiger partial charge in [-0.25, -0.2) is 14.4 Å². The highest BCUT2D eigenvalue weighted by Crippen LogP contribution is 2.37. The first-order valence-electron chi connectivity index (χ1n) is 8.93. The molecule has 0 unspecified atom stereocenters. The number of amides is 1. The molecule has 0 aliphatic rings. The van der Waals surface area contributed by atoms with Crippen LogP contribution >= 0.6 is 11.6 Å². The summed E-state index contributed by atoms with van der Waals surface area (Å²) >= 11 is 6.15. The zero-order valence-electron chi connectivity index (χ0n) is 15.8. The number of carbonyl (C=O) groups excluding carboxylic acids is 1. The number of benzene rings is 3.